The summed E-state index contributed by atoms with van der Waals surface area (Å²) in [5.74, 6) is -1.66. The average molecular weight is 324 g/mol. The van der Waals surface area contributed by atoms with Crippen molar-refractivity contribution in [2.24, 2.45) is 0 Å². The first-order chi connectivity index (χ1) is 11.0. The van der Waals surface area contributed by atoms with E-state index < -0.39 is 23.6 Å². The van der Waals surface area contributed by atoms with Gasteiger partial charge in [0, 0.05) is 12.1 Å². The molecule has 5 nitrogen and oxygen atoms in total. The fourth-order valence-electron chi connectivity index (χ4n) is 1.95. The standard InChI is InChI=1S/C16H18F2N2O3/c1-3-4-12-8-13(23-20-12)9-19-16(21)10(2)22-15-6-5-11(17)7-14(15)18/h5-8,10H,3-4,9H2,1-2H3,(H,19,21). The van der Waals surface area contributed by atoms with Crippen LogP contribution in [0.25, 0.3) is 0 Å². The van der Waals surface area contributed by atoms with Gasteiger partial charge in [0.1, 0.15) is 5.82 Å². The van der Waals surface area contributed by atoms with Gasteiger partial charge in [0.05, 0.1) is 12.2 Å². The molecule has 0 aliphatic rings. The van der Waals surface area contributed by atoms with Crippen molar-refractivity contribution < 1.29 is 22.8 Å². The molecule has 0 radical (unpaired) electrons. The summed E-state index contributed by atoms with van der Waals surface area (Å²) < 4.78 is 36.6. The lowest BCUT2D eigenvalue weighted by Gasteiger charge is -2.14. The summed E-state index contributed by atoms with van der Waals surface area (Å²) in [4.78, 5) is 11.9. The third-order valence-electron chi connectivity index (χ3n) is 3.12. The molecule has 1 heterocycles. The number of carbonyl (C=O) groups excluding carboxylic acids is 1. The maximum atomic E-state index is 13.5. The fraction of sp³-hybridized carbons (Fsp3) is 0.375. The lowest BCUT2D eigenvalue weighted by Crippen LogP contribution is -2.36. The second kappa shape index (κ2) is 7.71. The highest BCUT2D eigenvalue weighted by atomic mass is 19.1. The average Bonchev–Trinajstić information content (AvgIpc) is 2.95. The molecule has 0 aliphatic carbocycles. The number of hydrogen-bond acceptors (Lipinski definition) is 4. The molecule has 1 aromatic carbocycles. The second-order valence-electron chi connectivity index (χ2n) is 5.09. The number of benzene rings is 1. The molecular formula is C16H18F2N2O3. The molecule has 1 amide bonds. The Morgan fingerprint density at radius 2 is 2.17 bits per heavy atom. The summed E-state index contributed by atoms with van der Waals surface area (Å²) in [6.07, 6.45) is 0.820. The zero-order valence-electron chi connectivity index (χ0n) is 12.9. The number of carbonyl (C=O) groups is 1. The molecule has 2 rings (SSSR count). The van der Waals surface area contributed by atoms with Gasteiger partial charge in [0.15, 0.2) is 23.4 Å². The van der Waals surface area contributed by atoms with Gasteiger partial charge in [-0.05, 0) is 25.5 Å². The summed E-state index contributed by atoms with van der Waals surface area (Å²) in [6.45, 7) is 3.67. The zero-order valence-corrected chi connectivity index (χ0v) is 12.9. The number of hydrogen-bond donors (Lipinski definition) is 1. The van der Waals surface area contributed by atoms with Crippen LogP contribution in [0.3, 0.4) is 0 Å². The molecule has 7 heteroatoms. The topological polar surface area (TPSA) is 64.4 Å². The van der Waals surface area contributed by atoms with E-state index in [4.69, 9.17) is 9.26 Å². The Balaban J connectivity index is 1.86. The van der Waals surface area contributed by atoms with E-state index >= 15 is 0 Å². The minimum absolute atomic E-state index is 0.162. The maximum Gasteiger partial charge on any atom is 0.261 e. The molecule has 0 saturated heterocycles. The molecule has 1 atom stereocenters. The van der Waals surface area contributed by atoms with Crippen molar-refractivity contribution in [2.75, 3.05) is 0 Å². The summed E-state index contributed by atoms with van der Waals surface area (Å²) in [6, 6.07) is 4.67. The van der Waals surface area contributed by atoms with E-state index in [-0.39, 0.29) is 12.3 Å². The van der Waals surface area contributed by atoms with E-state index in [0.29, 0.717) is 11.8 Å². The lowest BCUT2D eigenvalue weighted by molar-refractivity contribution is -0.127. The van der Waals surface area contributed by atoms with Gasteiger partial charge in [0.2, 0.25) is 0 Å². The van der Waals surface area contributed by atoms with Gasteiger partial charge in [-0.2, -0.15) is 0 Å². The van der Waals surface area contributed by atoms with E-state index in [2.05, 4.69) is 10.5 Å². The number of nitrogens with zero attached hydrogens (tertiary/aromatic N) is 1. The van der Waals surface area contributed by atoms with E-state index in [0.717, 1.165) is 30.7 Å². The molecule has 0 aliphatic heterocycles. The molecule has 1 N–H and O–H groups in total. The van der Waals surface area contributed by atoms with Crippen molar-refractivity contribution in [1.82, 2.24) is 10.5 Å². The first-order valence-corrected chi connectivity index (χ1v) is 7.33. The van der Waals surface area contributed by atoms with Crippen LogP contribution >= 0.6 is 0 Å². The first-order valence-electron chi connectivity index (χ1n) is 7.33. The van der Waals surface area contributed by atoms with Crippen molar-refractivity contribution in [3.05, 3.63) is 47.4 Å². The summed E-state index contributed by atoms with van der Waals surface area (Å²) >= 11 is 0. The maximum absolute atomic E-state index is 13.5. The fourth-order valence-corrected chi connectivity index (χ4v) is 1.95. The van der Waals surface area contributed by atoms with Crippen LogP contribution < -0.4 is 10.1 Å². The molecule has 0 bridgehead atoms. The Hall–Kier alpha value is -2.44. The van der Waals surface area contributed by atoms with E-state index in [1.54, 1.807) is 6.07 Å². The first kappa shape index (κ1) is 16.9. The van der Waals surface area contributed by atoms with Gasteiger partial charge in [-0.15, -0.1) is 0 Å². The normalized spacial score (nSPS) is 12.0. The number of aromatic nitrogens is 1. The number of halogens is 2. The third kappa shape index (κ3) is 4.77. The van der Waals surface area contributed by atoms with Gasteiger partial charge in [-0.25, -0.2) is 8.78 Å². The third-order valence-corrected chi connectivity index (χ3v) is 3.12. The largest absolute Gasteiger partial charge is 0.478 e. The molecule has 23 heavy (non-hydrogen) atoms. The van der Waals surface area contributed by atoms with Gasteiger partial charge < -0.3 is 14.6 Å². The van der Waals surface area contributed by atoms with Crippen LogP contribution in [-0.2, 0) is 17.8 Å². The van der Waals surface area contributed by atoms with Crippen LogP contribution in [0.1, 0.15) is 31.7 Å². The van der Waals surface area contributed by atoms with E-state index in [1.165, 1.54) is 6.92 Å². The van der Waals surface area contributed by atoms with Crippen LogP contribution in [0, 0.1) is 11.6 Å². The molecule has 1 aromatic heterocycles. The van der Waals surface area contributed by atoms with Crippen molar-refractivity contribution in [1.29, 1.82) is 0 Å². The minimum Gasteiger partial charge on any atom is -0.478 e. The number of nitrogens with one attached hydrogen (secondary N) is 1. The SMILES string of the molecule is CCCc1cc(CNC(=O)C(C)Oc2ccc(F)cc2F)on1. The highest BCUT2D eigenvalue weighted by Crippen LogP contribution is 2.19. The van der Waals surface area contributed by atoms with Crippen LogP contribution in [0.15, 0.2) is 28.8 Å². The predicted octanol–water partition coefficient (Wildman–Crippen LogP) is 2.99. The number of amides is 1. The van der Waals surface area contributed by atoms with Gasteiger partial charge in [0.25, 0.3) is 5.91 Å². The predicted molar refractivity (Wildman–Crippen MR) is 78.8 cm³/mol. The number of aryl methyl sites for hydroxylation is 1. The molecular weight excluding hydrogens is 306 g/mol. The minimum atomic E-state index is -0.937. The molecule has 0 fully saturated rings. The molecule has 2 aromatic rings. The molecule has 124 valence electrons. The number of rotatable bonds is 7. The van der Waals surface area contributed by atoms with Crippen LogP contribution in [0.2, 0.25) is 0 Å². The van der Waals surface area contributed by atoms with Crippen molar-refractivity contribution >= 4 is 5.91 Å². The highest BCUT2D eigenvalue weighted by Gasteiger charge is 2.17. The van der Waals surface area contributed by atoms with Gasteiger partial charge >= 0.3 is 0 Å². The Kier molecular flexibility index (Phi) is 5.67. The Labute approximate surface area is 132 Å². The quantitative estimate of drug-likeness (QED) is 0.850. The van der Waals surface area contributed by atoms with E-state index in [1.807, 2.05) is 6.92 Å². The summed E-state index contributed by atoms with van der Waals surface area (Å²) in [5, 5.41) is 6.48. The zero-order chi connectivity index (χ0) is 16.8. The number of ether oxygens (including phenoxy) is 1. The Morgan fingerprint density at radius 3 is 2.87 bits per heavy atom. The van der Waals surface area contributed by atoms with E-state index in [9.17, 15) is 13.6 Å². The summed E-state index contributed by atoms with van der Waals surface area (Å²) in [5.41, 5.74) is 0.828. The smallest absolute Gasteiger partial charge is 0.261 e. The second-order valence-corrected chi connectivity index (χ2v) is 5.09. The molecule has 1 unspecified atom stereocenters. The lowest BCUT2D eigenvalue weighted by atomic mass is 10.2. The monoisotopic (exact) mass is 324 g/mol. The van der Waals surface area contributed by atoms with Crippen LogP contribution in [0.5, 0.6) is 5.75 Å². The van der Waals surface area contributed by atoms with Crippen molar-refractivity contribution in [3.8, 4) is 5.75 Å². The van der Waals surface area contributed by atoms with Crippen molar-refractivity contribution in [2.45, 2.75) is 39.3 Å². The van der Waals surface area contributed by atoms with Gasteiger partial charge in [-0.1, -0.05) is 18.5 Å². The summed E-state index contributed by atoms with van der Waals surface area (Å²) in [7, 11) is 0. The van der Waals surface area contributed by atoms with Gasteiger partial charge in [-0.3, -0.25) is 4.79 Å². The van der Waals surface area contributed by atoms with Crippen LogP contribution in [0.4, 0.5) is 8.78 Å². The van der Waals surface area contributed by atoms with Crippen LogP contribution in [-0.4, -0.2) is 17.2 Å². The van der Waals surface area contributed by atoms with Crippen molar-refractivity contribution in [3.63, 3.8) is 0 Å². The Bertz CT molecular complexity index is 673. The molecule has 0 saturated carbocycles. The highest BCUT2D eigenvalue weighted by molar-refractivity contribution is 5.80. The molecule has 0 spiro atoms. The Morgan fingerprint density at radius 1 is 1.39 bits per heavy atom.